The van der Waals surface area contributed by atoms with Crippen LogP contribution in [0.3, 0.4) is 0 Å². The third kappa shape index (κ3) is 5.04. The third-order valence-electron chi connectivity index (χ3n) is 6.36. The average molecular weight is 538 g/mol. The zero-order valence-electron chi connectivity index (χ0n) is 20.5. The van der Waals surface area contributed by atoms with Crippen molar-refractivity contribution >= 4 is 48.3 Å². The summed E-state index contributed by atoms with van der Waals surface area (Å²) in [6, 6.07) is 20.5. The van der Waals surface area contributed by atoms with E-state index in [0.29, 0.717) is 40.8 Å². The molecule has 1 aliphatic rings. The van der Waals surface area contributed by atoms with Gasteiger partial charge in [-0.25, -0.2) is 13.4 Å². The molecule has 1 unspecified atom stereocenters. The van der Waals surface area contributed by atoms with Crippen molar-refractivity contribution in [3.63, 3.8) is 0 Å². The molecule has 0 N–H and O–H groups in total. The lowest BCUT2D eigenvalue weighted by Gasteiger charge is -2.23. The van der Waals surface area contributed by atoms with E-state index < -0.39 is 10.0 Å². The Morgan fingerprint density at radius 1 is 1.08 bits per heavy atom. The molecule has 1 atom stereocenters. The van der Waals surface area contributed by atoms with E-state index in [9.17, 15) is 13.2 Å². The summed E-state index contributed by atoms with van der Waals surface area (Å²) in [6.45, 7) is 1.03. The van der Waals surface area contributed by atoms with Gasteiger partial charge >= 0.3 is 0 Å². The quantitative estimate of drug-likeness (QED) is 0.316. The van der Waals surface area contributed by atoms with Gasteiger partial charge in [-0.1, -0.05) is 35.6 Å². The number of hydrogen-bond acceptors (Lipinski definition) is 7. The van der Waals surface area contributed by atoms with Crippen LogP contribution in [0.5, 0.6) is 5.75 Å². The standard InChI is InChI=1S/C27H27N3O5S2/c1-29(20-8-4-3-5-9-20)37(32,33)22-15-13-19(14-16-22)26(31)30(18-21-10-7-17-35-21)27-28-25-23(34-2)11-6-12-24(25)36-27/h3-6,8-9,11-16,21H,7,10,17-18H2,1-2H3. The molecule has 3 aromatic carbocycles. The van der Waals surface area contributed by atoms with Gasteiger partial charge in [0.2, 0.25) is 0 Å². The van der Waals surface area contributed by atoms with Gasteiger partial charge in [-0.3, -0.25) is 14.0 Å². The molecule has 0 saturated carbocycles. The van der Waals surface area contributed by atoms with Crippen LogP contribution in [0.1, 0.15) is 23.2 Å². The lowest BCUT2D eigenvalue weighted by Crippen LogP contribution is -2.37. The van der Waals surface area contributed by atoms with Gasteiger partial charge < -0.3 is 9.47 Å². The molecule has 1 aliphatic heterocycles. The molecule has 0 spiro atoms. The Morgan fingerprint density at radius 2 is 1.84 bits per heavy atom. The summed E-state index contributed by atoms with van der Waals surface area (Å²) in [5.74, 6) is 0.371. The number of ether oxygens (including phenoxy) is 2. The second-order valence-electron chi connectivity index (χ2n) is 8.69. The van der Waals surface area contributed by atoms with Gasteiger partial charge in [0.1, 0.15) is 11.3 Å². The number of carbonyl (C=O) groups excluding carboxylic acids is 1. The number of methoxy groups -OCH3 is 1. The molecule has 1 saturated heterocycles. The molecule has 1 aromatic heterocycles. The molecule has 4 aromatic rings. The Bertz CT molecular complexity index is 1500. The van der Waals surface area contributed by atoms with Crippen LogP contribution < -0.4 is 13.9 Å². The zero-order chi connectivity index (χ0) is 26.0. The maximum atomic E-state index is 13.7. The Hall–Kier alpha value is -3.47. The van der Waals surface area contributed by atoms with Crippen molar-refractivity contribution in [3.05, 3.63) is 78.4 Å². The van der Waals surface area contributed by atoms with Crippen LogP contribution in [-0.2, 0) is 14.8 Å². The van der Waals surface area contributed by atoms with Crippen molar-refractivity contribution < 1.29 is 22.7 Å². The minimum absolute atomic E-state index is 0.0861. The fraction of sp³-hybridized carbons (Fsp3) is 0.259. The number of sulfonamides is 1. The van der Waals surface area contributed by atoms with Crippen LogP contribution in [0.4, 0.5) is 10.8 Å². The Labute approximate surface area is 220 Å². The van der Waals surface area contributed by atoms with Crippen molar-refractivity contribution in [2.24, 2.45) is 0 Å². The number of hydrogen-bond donors (Lipinski definition) is 0. The summed E-state index contributed by atoms with van der Waals surface area (Å²) in [5.41, 5.74) is 1.61. The van der Waals surface area contributed by atoms with Gasteiger partial charge in [-0.05, 0) is 61.4 Å². The van der Waals surface area contributed by atoms with Crippen LogP contribution in [0.25, 0.3) is 10.2 Å². The van der Waals surface area contributed by atoms with E-state index in [-0.39, 0.29) is 16.9 Å². The molecule has 2 heterocycles. The topological polar surface area (TPSA) is 89.0 Å². The Morgan fingerprint density at radius 3 is 2.51 bits per heavy atom. The third-order valence-corrected chi connectivity index (χ3v) is 9.20. The van der Waals surface area contributed by atoms with Gasteiger partial charge in [0, 0.05) is 19.2 Å². The minimum atomic E-state index is -3.79. The fourth-order valence-electron chi connectivity index (χ4n) is 4.29. The Kier molecular flexibility index (Phi) is 7.14. The first kappa shape index (κ1) is 25.2. The van der Waals surface area contributed by atoms with Crippen LogP contribution >= 0.6 is 11.3 Å². The molecular weight excluding hydrogens is 510 g/mol. The highest BCUT2D eigenvalue weighted by molar-refractivity contribution is 7.92. The zero-order valence-corrected chi connectivity index (χ0v) is 22.2. The second kappa shape index (κ2) is 10.5. The van der Waals surface area contributed by atoms with Gasteiger partial charge in [0.05, 0.1) is 35.0 Å². The summed E-state index contributed by atoms with van der Waals surface area (Å²) >= 11 is 1.41. The average Bonchev–Trinajstić information content (AvgIpc) is 3.61. The number of rotatable bonds is 8. The maximum Gasteiger partial charge on any atom is 0.264 e. The largest absolute Gasteiger partial charge is 0.494 e. The number of anilines is 2. The smallest absolute Gasteiger partial charge is 0.264 e. The van der Waals surface area contributed by atoms with E-state index in [2.05, 4.69) is 0 Å². The summed E-state index contributed by atoms with van der Waals surface area (Å²) in [6.07, 6.45) is 1.72. The van der Waals surface area contributed by atoms with Crippen molar-refractivity contribution in [2.75, 3.05) is 36.5 Å². The first-order chi connectivity index (χ1) is 17.9. The highest BCUT2D eigenvalue weighted by atomic mass is 32.2. The van der Waals surface area contributed by atoms with E-state index in [4.69, 9.17) is 14.5 Å². The van der Waals surface area contributed by atoms with Crippen LogP contribution in [0.2, 0.25) is 0 Å². The first-order valence-electron chi connectivity index (χ1n) is 11.9. The number of nitrogens with zero attached hydrogens (tertiary/aromatic N) is 3. The normalized spacial score (nSPS) is 15.6. The molecule has 1 fully saturated rings. The minimum Gasteiger partial charge on any atom is -0.494 e. The van der Waals surface area contributed by atoms with E-state index in [1.165, 1.54) is 34.8 Å². The molecule has 0 bridgehead atoms. The highest BCUT2D eigenvalue weighted by Gasteiger charge is 2.28. The number of fused-ring (bicyclic) bond motifs is 1. The monoisotopic (exact) mass is 537 g/mol. The molecule has 0 aliphatic carbocycles. The number of thiazole rings is 1. The number of benzene rings is 3. The number of carbonyl (C=O) groups is 1. The van der Waals surface area contributed by atoms with Gasteiger partial charge in [-0.15, -0.1) is 0 Å². The van der Waals surface area contributed by atoms with E-state index in [0.717, 1.165) is 17.5 Å². The summed E-state index contributed by atoms with van der Waals surface area (Å²) < 4.78 is 39.7. The van der Waals surface area contributed by atoms with Crippen molar-refractivity contribution in [1.82, 2.24) is 4.98 Å². The Balaban J connectivity index is 1.45. The number of amides is 1. The van der Waals surface area contributed by atoms with Crippen LogP contribution in [0.15, 0.2) is 77.7 Å². The molecule has 37 heavy (non-hydrogen) atoms. The predicted octanol–water partition coefficient (Wildman–Crippen LogP) is 4.96. The summed E-state index contributed by atoms with van der Waals surface area (Å²) in [5, 5.41) is 0.542. The van der Waals surface area contributed by atoms with E-state index >= 15 is 0 Å². The summed E-state index contributed by atoms with van der Waals surface area (Å²) in [7, 11) is -0.687. The van der Waals surface area contributed by atoms with Crippen molar-refractivity contribution in [3.8, 4) is 5.75 Å². The van der Waals surface area contributed by atoms with Gasteiger partial charge in [0.15, 0.2) is 5.13 Å². The molecule has 8 nitrogen and oxygen atoms in total. The maximum absolute atomic E-state index is 13.7. The van der Waals surface area contributed by atoms with Gasteiger partial charge in [0.25, 0.3) is 15.9 Å². The molecular formula is C27H27N3O5S2. The van der Waals surface area contributed by atoms with Crippen molar-refractivity contribution in [2.45, 2.75) is 23.8 Å². The second-order valence-corrected chi connectivity index (χ2v) is 11.7. The molecule has 0 radical (unpaired) electrons. The number of para-hydroxylation sites is 2. The van der Waals surface area contributed by atoms with Crippen molar-refractivity contribution in [1.29, 1.82) is 0 Å². The fourth-order valence-corrected chi connectivity index (χ4v) is 6.48. The van der Waals surface area contributed by atoms with Crippen LogP contribution in [0, 0.1) is 0 Å². The van der Waals surface area contributed by atoms with E-state index in [1.54, 1.807) is 48.4 Å². The number of aromatic nitrogens is 1. The van der Waals surface area contributed by atoms with Gasteiger partial charge in [-0.2, -0.15) is 0 Å². The lowest BCUT2D eigenvalue weighted by atomic mass is 10.2. The highest BCUT2D eigenvalue weighted by Crippen LogP contribution is 2.35. The summed E-state index contributed by atoms with van der Waals surface area (Å²) in [4.78, 5) is 20.2. The predicted molar refractivity (Wildman–Crippen MR) is 145 cm³/mol. The molecule has 5 rings (SSSR count). The van der Waals surface area contributed by atoms with Crippen LogP contribution in [-0.4, -0.2) is 52.7 Å². The molecule has 10 heteroatoms. The molecule has 1 amide bonds. The first-order valence-corrected chi connectivity index (χ1v) is 14.1. The molecule has 192 valence electrons. The van der Waals surface area contributed by atoms with E-state index in [1.807, 2.05) is 24.3 Å². The lowest BCUT2D eigenvalue weighted by molar-refractivity contribution is 0.0917. The SMILES string of the molecule is COc1cccc2sc(N(CC3CCCO3)C(=O)c3ccc(S(=O)(=O)N(C)c4ccccc4)cc3)nc12.